The second-order valence-electron chi connectivity index (χ2n) is 7.93. The summed E-state index contributed by atoms with van der Waals surface area (Å²) in [4.78, 5) is 25.1. The minimum absolute atomic E-state index is 0.0374. The average Bonchev–Trinajstić information content (AvgIpc) is 2.60. The maximum atomic E-state index is 12.7. The van der Waals surface area contributed by atoms with E-state index in [9.17, 15) is 18.0 Å². The molecule has 0 atom stereocenters. The minimum atomic E-state index is -3.93. The summed E-state index contributed by atoms with van der Waals surface area (Å²) >= 11 is 0. The molecule has 0 aliphatic carbocycles. The second-order valence-corrected chi connectivity index (χ2v) is 9.50. The number of ether oxygens (including phenoxy) is 2. The van der Waals surface area contributed by atoms with Crippen LogP contribution in [0, 0.1) is 6.92 Å². The van der Waals surface area contributed by atoms with Crippen molar-refractivity contribution in [3.63, 3.8) is 0 Å². The van der Waals surface area contributed by atoms with E-state index in [1.807, 2.05) is 6.92 Å². The lowest BCUT2D eigenvalue weighted by molar-refractivity contribution is -0.793. The highest BCUT2D eigenvalue weighted by Crippen LogP contribution is 2.28. The van der Waals surface area contributed by atoms with Crippen LogP contribution >= 0.6 is 0 Å². The predicted molar refractivity (Wildman–Crippen MR) is 101 cm³/mol. The lowest BCUT2D eigenvalue weighted by Crippen LogP contribution is -2.62. The summed E-state index contributed by atoms with van der Waals surface area (Å²) in [6.07, 6.45) is -1.68. The minimum Gasteiger partial charge on any atom is -0.423 e. The number of hydrogen-bond donors (Lipinski definition) is 0. The van der Waals surface area contributed by atoms with Crippen molar-refractivity contribution in [3.05, 3.63) is 29.8 Å². The zero-order valence-corrected chi connectivity index (χ0v) is 17.7. The van der Waals surface area contributed by atoms with Crippen LogP contribution < -0.4 is 0 Å². The Balaban J connectivity index is 2.12. The van der Waals surface area contributed by atoms with Crippen molar-refractivity contribution in [1.82, 2.24) is 0 Å². The molecule has 0 bridgehead atoms. The summed E-state index contributed by atoms with van der Waals surface area (Å²) in [6, 6.07) is 6.36. The molecule has 1 fully saturated rings. The fraction of sp³-hybridized carbons (Fsp3) is 0.579. The third-order valence-corrected chi connectivity index (χ3v) is 5.88. The molecule has 2 amide bonds. The van der Waals surface area contributed by atoms with Gasteiger partial charge in [0.15, 0.2) is 0 Å². The third kappa shape index (κ3) is 5.09. The van der Waals surface area contributed by atoms with E-state index in [0.29, 0.717) is 0 Å². The van der Waals surface area contributed by atoms with Crippen LogP contribution in [0.5, 0.6) is 0 Å². The number of carbonyl (C=O) groups is 2. The molecule has 0 unspecified atom stereocenters. The van der Waals surface area contributed by atoms with Gasteiger partial charge >= 0.3 is 12.2 Å². The maximum absolute atomic E-state index is 12.7. The zero-order chi connectivity index (χ0) is 21.2. The number of benzene rings is 1. The summed E-state index contributed by atoms with van der Waals surface area (Å²) in [5, 5.41) is 0. The van der Waals surface area contributed by atoms with E-state index in [0.717, 1.165) is 5.56 Å². The van der Waals surface area contributed by atoms with Gasteiger partial charge in [0.25, 0.3) is 10.1 Å². The van der Waals surface area contributed by atoms with Crippen molar-refractivity contribution in [1.29, 1.82) is 0 Å². The summed E-state index contributed by atoms with van der Waals surface area (Å²) in [5.41, 5.74) is 0.174. The first kappa shape index (κ1) is 22.3. The number of aryl methyl sites for hydroxylation is 1. The second kappa shape index (κ2) is 8.18. The Morgan fingerprint density at radius 3 is 2.04 bits per heavy atom. The molecule has 8 nitrogen and oxygen atoms in total. The van der Waals surface area contributed by atoms with Gasteiger partial charge < -0.3 is 9.47 Å². The Hall–Kier alpha value is -1.97. The summed E-state index contributed by atoms with van der Waals surface area (Å²) < 4.78 is 39.9. The lowest BCUT2D eigenvalue weighted by Gasteiger charge is -2.37. The van der Waals surface area contributed by atoms with E-state index in [1.54, 1.807) is 32.9 Å². The SMILES string of the molecule is COC(=O)[N+]1(C(=O)OC(C)(C)C)CCC(OS(=O)(=O)c2ccc(C)cc2)CC1. The number of imide groups is 1. The first-order chi connectivity index (χ1) is 12.9. The number of hydrogen-bond acceptors (Lipinski definition) is 7. The normalized spacial score (nSPS) is 23.1. The number of piperidine rings is 1. The van der Waals surface area contributed by atoms with Crippen LogP contribution in [0.15, 0.2) is 29.2 Å². The molecule has 1 aliphatic heterocycles. The van der Waals surface area contributed by atoms with Crippen molar-refractivity contribution in [2.75, 3.05) is 20.2 Å². The van der Waals surface area contributed by atoms with Crippen molar-refractivity contribution in [3.8, 4) is 0 Å². The molecule has 156 valence electrons. The lowest BCUT2D eigenvalue weighted by atomic mass is 10.1. The van der Waals surface area contributed by atoms with Crippen LogP contribution in [-0.2, 0) is 23.8 Å². The Labute approximate surface area is 166 Å². The standard InChI is InChI=1S/C19H28NO7S/c1-14-6-8-16(9-7-14)28(23,24)27-15-10-12-20(13-11-15,17(21)25-5)18(22)26-19(2,3)4/h6-9,15H,10-13H2,1-5H3/q+1. The van der Waals surface area contributed by atoms with Crippen LogP contribution in [0.4, 0.5) is 9.59 Å². The van der Waals surface area contributed by atoms with Crippen LogP contribution in [0.2, 0.25) is 0 Å². The van der Waals surface area contributed by atoms with E-state index in [1.165, 1.54) is 19.2 Å². The molecule has 1 heterocycles. The molecule has 0 aromatic heterocycles. The monoisotopic (exact) mass is 414 g/mol. The van der Waals surface area contributed by atoms with Gasteiger partial charge in [0.2, 0.25) is 0 Å². The summed E-state index contributed by atoms with van der Waals surface area (Å²) in [5.74, 6) is 0. The van der Waals surface area contributed by atoms with E-state index in [2.05, 4.69) is 0 Å². The molecule has 1 aliphatic rings. The van der Waals surface area contributed by atoms with Gasteiger partial charge in [-0.25, -0.2) is 0 Å². The maximum Gasteiger partial charge on any atom is 0.527 e. The van der Waals surface area contributed by atoms with Gasteiger partial charge in [-0.1, -0.05) is 17.7 Å². The highest BCUT2D eigenvalue weighted by Gasteiger charge is 2.52. The molecule has 0 spiro atoms. The number of quaternary nitrogens is 1. The first-order valence-corrected chi connectivity index (χ1v) is 10.5. The Morgan fingerprint density at radius 1 is 1.04 bits per heavy atom. The molecular formula is C19H28NO7S+. The van der Waals surface area contributed by atoms with Crippen molar-refractivity contribution in [2.45, 2.75) is 57.1 Å². The van der Waals surface area contributed by atoms with Gasteiger partial charge in [-0.2, -0.15) is 18.0 Å². The number of amides is 2. The molecule has 1 aromatic carbocycles. The number of nitrogens with zero attached hydrogens (tertiary/aromatic N) is 1. The number of likely N-dealkylation sites (tertiary alicyclic amines) is 1. The van der Waals surface area contributed by atoms with E-state index in [-0.39, 0.29) is 30.8 Å². The Bertz CT molecular complexity index is 817. The highest BCUT2D eigenvalue weighted by atomic mass is 32.2. The van der Waals surface area contributed by atoms with Crippen LogP contribution in [0.3, 0.4) is 0 Å². The van der Waals surface area contributed by atoms with Gasteiger partial charge in [-0.05, 0) is 39.8 Å². The van der Waals surface area contributed by atoms with Crippen LogP contribution in [0.1, 0.15) is 39.2 Å². The fourth-order valence-electron chi connectivity index (χ4n) is 2.98. The quantitative estimate of drug-likeness (QED) is 0.552. The molecule has 0 saturated carbocycles. The molecule has 1 saturated heterocycles. The Kier molecular flexibility index (Phi) is 6.52. The number of rotatable bonds is 3. The van der Waals surface area contributed by atoms with E-state index >= 15 is 0 Å². The molecule has 0 radical (unpaired) electrons. The summed E-state index contributed by atoms with van der Waals surface area (Å²) in [6.45, 7) is 7.07. The number of carbonyl (C=O) groups excluding carboxylic acids is 2. The summed E-state index contributed by atoms with van der Waals surface area (Å²) in [7, 11) is -2.72. The van der Waals surface area contributed by atoms with E-state index < -0.39 is 38.5 Å². The average molecular weight is 415 g/mol. The molecule has 1 aromatic rings. The largest absolute Gasteiger partial charge is 0.527 e. The molecule has 0 N–H and O–H groups in total. The third-order valence-electron chi connectivity index (χ3n) is 4.51. The molecular weight excluding hydrogens is 386 g/mol. The first-order valence-electron chi connectivity index (χ1n) is 9.09. The van der Waals surface area contributed by atoms with Gasteiger partial charge in [-0.15, -0.1) is 4.48 Å². The zero-order valence-electron chi connectivity index (χ0n) is 16.9. The molecule has 9 heteroatoms. The molecule has 2 rings (SSSR count). The van der Waals surface area contributed by atoms with Gasteiger partial charge in [0.1, 0.15) is 18.7 Å². The van der Waals surface area contributed by atoms with Crippen molar-refractivity contribution >= 4 is 22.3 Å². The predicted octanol–water partition coefficient (Wildman–Crippen LogP) is 3.38. The topological polar surface area (TPSA) is 96.0 Å². The van der Waals surface area contributed by atoms with Gasteiger partial charge in [0, 0.05) is 12.8 Å². The van der Waals surface area contributed by atoms with E-state index in [4.69, 9.17) is 13.7 Å². The number of methoxy groups -OCH3 is 1. The molecule has 28 heavy (non-hydrogen) atoms. The van der Waals surface area contributed by atoms with Gasteiger partial charge in [-0.3, -0.25) is 4.18 Å². The van der Waals surface area contributed by atoms with Crippen molar-refractivity contribution < 1.29 is 36.1 Å². The fourth-order valence-corrected chi connectivity index (χ4v) is 4.12. The van der Waals surface area contributed by atoms with Crippen molar-refractivity contribution in [2.24, 2.45) is 0 Å². The highest BCUT2D eigenvalue weighted by molar-refractivity contribution is 7.86. The smallest absolute Gasteiger partial charge is 0.423 e. The Morgan fingerprint density at radius 2 is 1.57 bits per heavy atom. The van der Waals surface area contributed by atoms with Crippen LogP contribution in [-0.4, -0.2) is 57.0 Å². The van der Waals surface area contributed by atoms with Gasteiger partial charge in [0.05, 0.1) is 18.1 Å². The van der Waals surface area contributed by atoms with Crippen LogP contribution in [0.25, 0.3) is 0 Å².